The standard InChI is InChI=1S/C20H25NO3S/c1-14-5-11-19(12-6-14)25-16(3)20(22)21-15(2)13-24-18-9-7-17(23-4)8-10-18/h5-12,15-16H,13H2,1-4H3,(H,21,22)/t15-,16-/m1/s1. The summed E-state index contributed by atoms with van der Waals surface area (Å²) in [7, 11) is 1.63. The molecule has 0 saturated heterocycles. The number of methoxy groups -OCH3 is 1. The van der Waals surface area contributed by atoms with E-state index in [-0.39, 0.29) is 17.2 Å². The molecule has 2 aromatic carbocycles. The molecule has 0 aromatic heterocycles. The lowest BCUT2D eigenvalue weighted by Crippen LogP contribution is -2.40. The van der Waals surface area contributed by atoms with Crippen LogP contribution in [0.2, 0.25) is 0 Å². The van der Waals surface area contributed by atoms with E-state index >= 15 is 0 Å². The van der Waals surface area contributed by atoms with Crippen molar-refractivity contribution in [2.75, 3.05) is 13.7 Å². The van der Waals surface area contributed by atoms with Crippen LogP contribution in [0.4, 0.5) is 0 Å². The molecule has 4 nitrogen and oxygen atoms in total. The van der Waals surface area contributed by atoms with Crippen molar-refractivity contribution in [3.05, 3.63) is 54.1 Å². The number of rotatable bonds is 8. The van der Waals surface area contributed by atoms with Crippen molar-refractivity contribution in [3.8, 4) is 11.5 Å². The summed E-state index contributed by atoms with van der Waals surface area (Å²) >= 11 is 1.55. The fraction of sp³-hybridized carbons (Fsp3) is 0.350. The van der Waals surface area contributed by atoms with Gasteiger partial charge in [-0.25, -0.2) is 0 Å². The van der Waals surface area contributed by atoms with Crippen LogP contribution in [0.3, 0.4) is 0 Å². The van der Waals surface area contributed by atoms with Crippen molar-refractivity contribution in [2.45, 2.75) is 37.0 Å². The number of benzene rings is 2. The van der Waals surface area contributed by atoms with Crippen LogP contribution in [0.5, 0.6) is 11.5 Å². The first-order chi connectivity index (χ1) is 12.0. The predicted octanol–water partition coefficient (Wildman–Crippen LogP) is 4.07. The van der Waals surface area contributed by atoms with Crippen molar-refractivity contribution in [2.24, 2.45) is 0 Å². The highest BCUT2D eigenvalue weighted by Gasteiger charge is 2.16. The summed E-state index contributed by atoms with van der Waals surface area (Å²) in [6, 6.07) is 15.5. The maximum atomic E-state index is 12.3. The Bertz CT molecular complexity index is 670. The molecule has 0 unspecified atom stereocenters. The number of aryl methyl sites for hydroxylation is 1. The monoisotopic (exact) mass is 359 g/mol. The Morgan fingerprint density at radius 3 is 2.24 bits per heavy atom. The van der Waals surface area contributed by atoms with Gasteiger partial charge in [0.15, 0.2) is 0 Å². The smallest absolute Gasteiger partial charge is 0.233 e. The van der Waals surface area contributed by atoms with Crippen LogP contribution in [0, 0.1) is 6.92 Å². The average Bonchev–Trinajstić information content (AvgIpc) is 2.62. The molecule has 2 atom stereocenters. The first-order valence-corrected chi connectivity index (χ1v) is 9.16. The minimum atomic E-state index is -0.161. The van der Waals surface area contributed by atoms with Crippen molar-refractivity contribution in [1.82, 2.24) is 5.32 Å². The van der Waals surface area contributed by atoms with Gasteiger partial charge >= 0.3 is 0 Å². The molecule has 0 aliphatic rings. The first kappa shape index (κ1) is 19.2. The van der Waals surface area contributed by atoms with Gasteiger partial charge < -0.3 is 14.8 Å². The predicted molar refractivity (Wildman–Crippen MR) is 103 cm³/mol. The van der Waals surface area contributed by atoms with Crippen LogP contribution in [-0.4, -0.2) is 30.9 Å². The lowest BCUT2D eigenvalue weighted by atomic mass is 10.2. The normalized spacial score (nSPS) is 13.0. The minimum Gasteiger partial charge on any atom is -0.497 e. The summed E-state index contributed by atoms with van der Waals surface area (Å²) in [6.45, 7) is 6.32. The number of thioether (sulfide) groups is 1. The van der Waals surface area contributed by atoms with Crippen molar-refractivity contribution in [3.63, 3.8) is 0 Å². The van der Waals surface area contributed by atoms with E-state index in [2.05, 4.69) is 24.4 Å². The second-order valence-electron chi connectivity index (χ2n) is 5.97. The Morgan fingerprint density at radius 2 is 1.64 bits per heavy atom. The molecule has 0 radical (unpaired) electrons. The van der Waals surface area contributed by atoms with Gasteiger partial charge in [-0.05, 0) is 57.2 Å². The zero-order valence-electron chi connectivity index (χ0n) is 15.1. The van der Waals surface area contributed by atoms with Crippen LogP contribution in [0.1, 0.15) is 19.4 Å². The Kier molecular flexibility index (Phi) is 7.19. The van der Waals surface area contributed by atoms with Crippen molar-refractivity contribution >= 4 is 17.7 Å². The molecule has 2 rings (SSSR count). The van der Waals surface area contributed by atoms with Crippen molar-refractivity contribution in [1.29, 1.82) is 0 Å². The number of carbonyl (C=O) groups is 1. The molecule has 1 amide bonds. The van der Waals surface area contributed by atoms with Gasteiger partial charge in [-0.15, -0.1) is 11.8 Å². The molecule has 0 spiro atoms. The first-order valence-electron chi connectivity index (χ1n) is 8.28. The summed E-state index contributed by atoms with van der Waals surface area (Å²) in [5, 5.41) is 2.83. The summed E-state index contributed by atoms with van der Waals surface area (Å²) in [4.78, 5) is 13.4. The maximum Gasteiger partial charge on any atom is 0.233 e. The van der Waals surface area contributed by atoms with Gasteiger partial charge in [-0.3, -0.25) is 4.79 Å². The molecule has 25 heavy (non-hydrogen) atoms. The summed E-state index contributed by atoms with van der Waals surface area (Å²) in [5.74, 6) is 1.55. The topological polar surface area (TPSA) is 47.6 Å². The second kappa shape index (κ2) is 9.37. The summed E-state index contributed by atoms with van der Waals surface area (Å²) < 4.78 is 10.8. The van der Waals surface area contributed by atoms with Crippen LogP contribution in [0.15, 0.2) is 53.4 Å². The van der Waals surface area contributed by atoms with Gasteiger partial charge in [0.1, 0.15) is 18.1 Å². The number of ether oxygens (including phenoxy) is 2. The number of hydrogen-bond donors (Lipinski definition) is 1. The van der Waals surface area contributed by atoms with E-state index in [1.807, 2.05) is 50.2 Å². The fourth-order valence-electron chi connectivity index (χ4n) is 2.17. The number of amides is 1. The van der Waals surface area contributed by atoms with E-state index in [1.54, 1.807) is 18.9 Å². The lowest BCUT2D eigenvalue weighted by molar-refractivity contribution is -0.121. The van der Waals surface area contributed by atoms with Crippen LogP contribution >= 0.6 is 11.8 Å². The third kappa shape index (κ3) is 6.35. The molecule has 134 valence electrons. The third-order valence-corrected chi connectivity index (χ3v) is 4.76. The number of nitrogens with one attached hydrogen (secondary N) is 1. The van der Waals surface area contributed by atoms with E-state index in [9.17, 15) is 4.79 Å². The van der Waals surface area contributed by atoms with E-state index in [4.69, 9.17) is 9.47 Å². The van der Waals surface area contributed by atoms with Gasteiger partial charge in [0, 0.05) is 4.90 Å². The third-order valence-electron chi connectivity index (χ3n) is 3.65. The Hall–Kier alpha value is -2.14. The quantitative estimate of drug-likeness (QED) is 0.722. The molecular weight excluding hydrogens is 334 g/mol. The van der Waals surface area contributed by atoms with E-state index in [0.717, 1.165) is 16.4 Å². The van der Waals surface area contributed by atoms with E-state index in [1.165, 1.54) is 5.56 Å². The molecule has 0 heterocycles. The van der Waals surface area contributed by atoms with Gasteiger partial charge in [0.2, 0.25) is 5.91 Å². The fourth-order valence-corrected chi connectivity index (χ4v) is 3.05. The lowest BCUT2D eigenvalue weighted by Gasteiger charge is -2.18. The summed E-state index contributed by atoms with van der Waals surface area (Å²) in [5.41, 5.74) is 1.21. The van der Waals surface area contributed by atoms with Gasteiger partial charge in [0.05, 0.1) is 18.4 Å². The Morgan fingerprint density at radius 1 is 1.04 bits per heavy atom. The molecule has 0 bridgehead atoms. The molecule has 0 aliphatic heterocycles. The molecule has 5 heteroatoms. The van der Waals surface area contributed by atoms with Crippen LogP contribution in [-0.2, 0) is 4.79 Å². The second-order valence-corrected chi connectivity index (χ2v) is 7.38. The van der Waals surface area contributed by atoms with Crippen LogP contribution < -0.4 is 14.8 Å². The Labute approximate surface area is 153 Å². The molecule has 0 aliphatic carbocycles. The zero-order valence-corrected chi connectivity index (χ0v) is 15.9. The largest absolute Gasteiger partial charge is 0.497 e. The minimum absolute atomic E-state index is 0.0106. The highest BCUT2D eigenvalue weighted by Crippen LogP contribution is 2.23. The number of hydrogen-bond acceptors (Lipinski definition) is 4. The van der Waals surface area contributed by atoms with E-state index in [0.29, 0.717) is 6.61 Å². The number of carbonyl (C=O) groups excluding carboxylic acids is 1. The Balaban J connectivity index is 1.77. The van der Waals surface area contributed by atoms with Gasteiger partial charge in [-0.2, -0.15) is 0 Å². The van der Waals surface area contributed by atoms with Gasteiger partial charge in [0.25, 0.3) is 0 Å². The molecule has 0 fully saturated rings. The molecular formula is C20H25NO3S. The molecule has 1 N–H and O–H groups in total. The average molecular weight is 359 g/mol. The van der Waals surface area contributed by atoms with E-state index < -0.39 is 0 Å². The van der Waals surface area contributed by atoms with Gasteiger partial charge in [-0.1, -0.05) is 17.7 Å². The highest BCUT2D eigenvalue weighted by atomic mass is 32.2. The summed E-state index contributed by atoms with van der Waals surface area (Å²) in [6.07, 6.45) is 0. The molecule has 0 saturated carbocycles. The highest BCUT2D eigenvalue weighted by molar-refractivity contribution is 8.00. The SMILES string of the molecule is COc1ccc(OC[C@@H](C)NC(=O)[C@@H](C)Sc2ccc(C)cc2)cc1. The zero-order chi connectivity index (χ0) is 18.2. The van der Waals surface area contributed by atoms with Crippen LogP contribution in [0.25, 0.3) is 0 Å². The van der Waals surface area contributed by atoms with Crippen molar-refractivity contribution < 1.29 is 14.3 Å². The maximum absolute atomic E-state index is 12.3. The molecule has 2 aromatic rings.